The quantitative estimate of drug-likeness (QED) is 0.622. The van der Waals surface area contributed by atoms with Gasteiger partial charge in [0, 0.05) is 0 Å². The van der Waals surface area contributed by atoms with Crippen LogP contribution in [0, 0.1) is 0 Å². The Labute approximate surface area is 92.6 Å². The molecule has 15 heavy (non-hydrogen) atoms. The third-order valence-corrected chi connectivity index (χ3v) is 2.25. The molecule has 0 aromatic heterocycles. The van der Waals surface area contributed by atoms with E-state index in [9.17, 15) is 0 Å². The molecule has 0 aliphatic heterocycles. The average Bonchev–Trinajstić information content (AvgIpc) is 2.25. The van der Waals surface area contributed by atoms with Gasteiger partial charge in [-0.15, -0.1) is 0 Å². The molecule has 0 saturated heterocycles. The summed E-state index contributed by atoms with van der Waals surface area (Å²) in [4.78, 5) is 0. The van der Waals surface area contributed by atoms with Gasteiger partial charge in [0.1, 0.15) is 0 Å². The molecule has 1 aromatic rings. The number of hydrogen-bond donors (Lipinski definition) is 0. The minimum atomic E-state index is 0.601. The molecule has 0 nitrogen and oxygen atoms in total. The second-order valence-electron chi connectivity index (χ2n) is 3.80. The third kappa shape index (κ3) is 3.99. The molecule has 0 aliphatic carbocycles. The Balaban J connectivity index is 2.68. The Morgan fingerprint density at radius 1 is 1.00 bits per heavy atom. The highest BCUT2D eigenvalue weighted by molar-refractivity contribution is 5.51. The Morgan fingerprint density at radius 3 is 2.20 bits per heavy atom. The second kappa shape index (κ2) is 6.02. The van der Waals surface area contributed by atoms with Gasteiger partial charge < -0.3 is 0 Å². The fraction of sp³-hybridized carbons (Fsp3) is 0.200. The molecule has 0 bridgehead atoms. The molecule has 0 spiro atoms. The summed E-state index contributed by atoms with van der Waals surface area (Å²) in [5.41, 5.74) is 2.61. The molecule has 0 aliphatic rings. The van der Waals surface area contributed by atoms with Crippen molar-refractivity contribution in [2.75, 3.05) is 0 Å². The van der Waals surface area contributed by atoms with Crippen molar-refractivity contribution in [3.05, 3.63) is 66.3 Å². The van der Waals surface area contributed by atoms with Gasteiger partial charge >= 0.3 is 0 Å². The first-order valence-corrected chi connectivity index (χ1v) is 5.29. The number of hydrogen-bond acceptors (Lipinski definition) is 0. The number of benzene rings is 1. The van der Waals surface area contributed by atoms with E-state index in [1.165, 1.54) is 11.1 Å². The molecule has 1 aromatic carbocycles. The van der Waals surface area contributed by atoms with E-state index in [2.05, 4.69) is 50.8 Å². The summed E-state index contributed by atoms with van der Waals surface area (Å²) < 4.78 is 0. The summed E-state index contributed by atoms with van der Waals surface area (Å²) >= 11 is 0. The van der Waals surface area contributed by atoms with Gasteiger partial charge in [-0.3, -0.25) is 0 Å². The molecule has 78 valence electrons. The highest BCUT2D eigenvalue weighted by Crippen LogP contribution is 2.15. The standard InChI is InChI=1S/C15H18/c1-4-5-6-7-8-14-9-11-15(12-10-14)13(2)3/h4-13H,1H2,2-3H3/b6-5-,8-7-. The molecule has 0 heterocycles. The van der Waals surface area contributed by atoms with Crippen LogP contribution < -0.4 is 0 Å². The smallest absolute Gasteiger partial charge is 0.0219 e. The molecule has 0 N–H and O–H groups in total. The van der Waals surface area contributed by atoms with Crippen LogP contribution in [0.5, 0.6) is 0 Å². The normalized spacial score (nSPS) is 11.7. The van der Waals surface area contributed by atoms with Crippen LogP contribution in [-0.4, -0.2) is 0 Å². The highest BCUT2D eigenvalue weighted by Gasteiger charge is 1.96. The van der Waals surface area contributed by atoms with Crippen molar-refractivity contribution in [3.63, 3.8) is 0 Å². The van der Waals surface area contributed by atoms with E-state index in [1.54, 1.807) is 6.08 Å². The fourth-order valence-corrected chi connectivity index (χ4v) is 1.30. The molecule has 0 radical (unpaired) electrons. The first-order valence-electron chi connectivity index (χ1n) is 5.29. The molecule has 0 atom stereocenters. The van der Waals surface area contributed by atoms with Crippen LogP contribution in [0.4, 0.5) is 0 Å². The predicted molar refractivity (Wildman–Crippen MR) is 68.9 cm³/mol. The van der Waals surface area contributed by atoms with Crippen LogP contribution in [0.15, 0.2) is 55.1 Å². The van der Waals surface area contributed by atoms with Gasteiger partial charge in [0.15, 0.2) is 0 Å². The Morgan fingerprint density at radius 2 is 1.67 bits per heavy atom. The molecule has 0 fully saturated rings. The minimum absolute atomic E-state index is 0.601. The van der Waals surface area contributed by atoms with Crippen molar-refractivity contribution >= 4 is 6.08 Å². The van der Waals surface area contributed by atoms with E-state index in [4.69, 9.17) is 0 Å². The Bertz CT molecular complexity index is 350. The van der Waals surface area contributed by atoms with Gasteiger partial charge in [-0.1, -0.05) is 75.1 Å². The van der Waals surface area contributed by atoms with E-state index >= 15 is 0 Å². The van der Waals surface area contributed by atoms with Crippen LogP contribution in [0.25, 0.3) is 6.08 Å². The maximum Gasteiger partial charge on any atom is -0.0219 e. The maximum absolute atomic E-state index is 3.62. The zero-order valence-electron chi connectivity index (χ0n) is 9.48. The fourth-order valence-electron chi connectivity index (χ4n) is 1.30. The first-order chi connectivity index (χ1) is 7.24. The lowest BCUT2D eigenvalue weighted by Gasteiger charge is -2.04. The molecule has 0 unspecified atom stereocenters. The predicted octanol–water partition coefficient (Wildman–Crippen LogP) is 4.57. The molecule has 0 saturated carbocycles. The summed E-state index contributed by atoms with van der Waals surface area (Å²) in [6, 6.07) is 8.66. The summed E-state index contributed by atoms with van der Waals surface area (Å²) in [5.74, 6) is 0.601. The number of rotatable bonds is 4. The molecule has 0 amide bonds. The van der Waals surface area contributed by atoms with Gasteiger partial charge in [0.25, 0.3) is 0 Å². The van der Waals surface area contributed by atoms with Crippen LogP contribution in [0.3, 0.4) is 0 Å². The molecule has 1 rings (SSSR count). The molecular formula is C15H18. The van der Waals surface area contributed by atoms with Gasteiger partial charge in [-0.25, -0.2) is 0 Å². The summed E-state index contributed by atoms with van der Waals surface area (Å²) in [6.45, 7) is 8.03. The zero-order valence-corrected chi connectivity index (χ0v) is 9.48. The maximum atomic E-state index is 3.62. The summed E-state index contributed by atoms with van der Waals surface area (Å²) in [5, 5.41) is 0. The average molecular weight is 198 g/mol. The molecule has 0 heteroatoms. The van der Waals surface area contributed by atoms with Crippen molar-refractivity contribution in [2.45, 2.75) is 19.8 Å². The monoisotopic (exact) mass is 198 g/mol. The Kier molecular flexibility index (Phi) is 4.62. The van der Waals surface area contributed by atoms with Gasteiger partial charge in [-0.2, -0.15) is 0 Å². The minimum Gasteiger partial charge on any atom is -0.0991 e. The van der Waals surface area contributed by atoms with Crippen LogP contribution >= 0.6 is 0 Å². The second-order valence-corrected chi connectivity index (χ2v) is 3.80. The summed E-state index contributed by atoms with van der Waals surface area (Å²) in [6.07, 6.45) is 9.77. The van der Waals surface area contributed by atoms with Gasteiger partial charge in [-0.05, 0) is 17.0 Å². The SMILES string of the molecule is C=C/C=C\C=C/c1ccc(C(C)C)cc1. The van der Waals surface area contributed by atoms with Crippen molar-refractivity contribution in [1.82, 2.24) is 0 Å². The van der Waals surface area contributed by atoms with Crippen molar-refractivity contribution in [2.24, 2.45) is 0 Å². The largest absolute Gasteiger partial charge is 0.0991 e. The summed E-state index contributed by atoms with van der Waals surface area (Å²) in [7, 11) is 0. The van der Waals surface area contributed by atoms with Crippen LogP contribution in [0.1, 0.15) is 30.9 Å². The Hall–Kier alpha value is -1.56. The van der Waals surface area contributed by atoms with E-state index in [0.717, 1.165) is 0 Å². The lowest BCUT2D eigenvalue weighted by molar-refractivity contribution is 0.866. The van der Waals surface area contributed by atoms with Gasteiger partial charge in [0.05, 0.1) is 0 Å². The van der Waals surface area contributed by atoms with Crippen molar-refractivity contribution in [3.8, 4) is 0 Å². The van der Waals surface area contributed by atoms with E-state index in [-0.39, 0.29) is 0 Å². The van der Waals surface area contributed by atoms with Crippen LogP contribution in [-0.2, 0) is 0 Å². The lowest BCUT2D eigenvalue weighted by Crippen LogP contribution is -1.85. The lowest BCUT2D eigenvalue weighted by atomic mass is 10.0. The molecular weight excluding hydrogens is 180 g/mol. The van der Waals surface area contributed by atoms with Crippen molar-refractivity contribution in [1.29, 1.82) is 0 Å². The van der Waals surface area contributed by atoms with Crippen LogP contribution in [0.2, 0.25) is 0 Å². The van der Waals surface area contributed by atoms with Gasteiger partial charge in [0.2, 0.25) is 0 Å². The van der Waals surface area contributed by atoms with E-state index < -0.39 is 0 Å². The first kappa shape index (κ1) is 11.5. The number of allylic oxidation sites excluding steroid dienone is 4. The zero-order chi connectivity index (χ0) is 11.1. The third-order valence-electron chi connectivity index (χ3n) is 2.25. The van der Waals surface area contributed by atoms with E-state index in [0.29, 0.717) is 5.92 Å². The van der Waals surface area contributed by atoms with Crippen molar-refractivity contribution < 1.29 is 0 Å². The topological polar surface area (TPSA) is 0 Å². The van der Waals surface area contributed by atoms with E-state index in [1.807, 2.05) is 18.2 Å². The highest BCUT2D eigenvalue weighted by atomic mass is 14.0.